The van der Waals surface area contributed by atoms with Crippen molar-refractivity contribution in [2.75, 3.05) is 13.1 Å². The van der Waals surface area contributed by atoms with E-state index in [1.807, 2.05) is 6.08 Å². The summed E-state index contributed by atoms with van der Waals surface area (Å²) >= 11 is 0. The number of β-amino-alcohol motifs (C(OH)–C–C–N with tert-alkyl or cyclic N) is 1. The largest absolute Gasteiger partial charge is 0.391 e. The number of likely N-dealkylation sites (tertiary alicyclic amines) is 1. The first-order valence-corrected chi connectivity index (χ1v) is 4.94. The number of rotatable bonds is 1. The zero-order valence-corrected chi connectivity index (χ0v) is 7.70. The van der Waals surface area contributed by atoms with E-state index in [1.54, 1.807) is 4.90 Å². The fourth-order valence-corrected chi connectivity index (χ4v) is 1.99. The molecule has 3 heteroatoms. The topological polar surface area (TPSA) is 40.5 Å². The Balaban J connectivity index is 1.97. The summed E-state index contributed by atoms with van der Waals surface area (Å²) in [4.78, 5) is 13.5. The molecule has 1 amide bonds. The van der Waals surface area contributed by atoms with Crippen molar-refractivity contribution in [1.29, 1.82) is 0 Å². The Bertz CT molecular complexity index is 247. The molecule has 0 saturated carbocycles. The van der Waals surface area contributed by atoms with Crippen LogP contribution < -0.4 is 0 Å². The third-order valence-corrected chi connectivity index (χ3v) is 2.77. The first-order valence-electron chi connectivity index (χ1n) is 4.94. The SMILES string of the molecule is O=C(C1=CCCC1)N1CC[C@H](O)C1. The maximum absolute atomic E-state index is 11.7. The fraction of sp³-hybridized carbons (Fsp3) is 0.700. The number of nitrogens with zero attached hydrogens (tertiary/aromatic N) is 1. The summed E-state index contributed by atoms with van der Waals surface area (Å²) in [7, 11) is 0. The van der Waals surface area contributed by atoms with E-state index in [1.165, 1.54) is 0 Å². The van der Waals surface area contributed by atoms with Crippen LogP contribution in [0.1, 0.15) is 25.7 Å². The number of amides is 1. The van der Waals surface area contributed by atoms with E-state index >= 15 is 0 Å². The van der Waals surface area contributed by atoms with E-state index < -0.39 is 0 Å². The molecule has 1 atom stereocenters. The highest BCUT2D eigenvalue weighted by Gasteiger charge is 2.27. The van der Waals surface area contributed by atoms with Gasteiger partial charge < -0.3 is 10.0 Å². The van der Waals surface area contributed by atoms with Gasteiger partial charge in [0.25, 0.3) is 0 Å². The molecule has 0 spiro atoms. The molecule has 0 aromatic rings. The molecule has 3 nitrogen and oxygen atoms in total. The van der Waals surface area contributed by atoms with Crippen LogP contribution in [0.4, 0.5) is 0 Å². The summed E-state index contributed by atoms with van der Waals surface area (Å²) in [6, 6.07) is 0. The van der Waals surface area contributed by atoms with E-state index in [-0.39, 0.29) is 12.0 Å². The van der Waals surface area contributed by atoms with E-state index in [4.69, 9.17) is 0 Å². The second-order valence-electron chi connectivity index (χ2n) is 3.82. The highest BCUT2D eigenvalue weighted by Crippen LogP contribution is 2.21. The van der Waals surface area contributed by atoms with E-state index in [0.717, 1.165) is 37.8 Å². The smallest absolute Gasteiger partial charge is 0.249 e. The van der Waals surface area contributed by atoms with Crippen LogP contribution in [-0.4, -0.2) is 35.1 Å². The number of hydrogen-bond acceptors (Lipinski definition) is 2. The average molecular weight is 181 g/mol. The minimum absolute atomic E-state index is 0.147. The third-order valence-electron chi connectivity index (χ3n) is 2.77. The van der Waals surface area contributed by atoms with Crippen LogP contribution in [0.3, 0.4) is 0 Å². The van der Waals surface area contributed by atoms with Crippen LogP contribution in [0, 0.1) is 0 Å². The molecule has 1 heterocycles. The van der Waals surface area contributed by atoms with Crippen molar-refractivity contribution >= 4 is 5.91 Å². The van der Waals surface area contributed by atoms with E-state index in [0.29, 0.717) is 6.54 Å². The Morgan fingerprint density at radius 1 is 1.62 bits per heavy atom. The van der Waals surface area contributed by atoms with Gasteiger partial charge in [-0.1, -0.05) is 6.08 Å². The lowest BCUT2D eigenvalue weighted by Crippen LogP contribution is -2.30. The van der Waals surface area contributed by atoms with Gasteiger partial charge in [-0.15, -0.1) is 0 Å². The summed E-state index contributed by atoms with van der Waals surface area (Å²) in [5.41, 5.74) is 0.953. The van der Waals surface area contributed by atoms with Crippen LogP contribution in [0.15, 0.2) is 11.6 Å². The molecule has 1 N–H and O–H groups in total. The van der Waals surface area contributed by atoms with Gasteiger partial charge in [0, 0.05) is 18.7 Å². The van der Waals surface area contributed by atoms with Gasteiger partial charge in [0.15, 0.2) is 0 Å². The molecule has 1 aliphatic carbocycles. The van der Waals surface area contributed by atoms with Crippen LogP contribution in [0.25, 0.3) is 0 Å². The minimum atomic E-state index is -0.300. The first kappa shape index (κ1) is 8.75. The molecule has 1 saturated heterocycles. The van der Waals surface area contributed by atoms with Crippen molar-refractivity contribution in [2.24, 2.45) is 0 Å². The van der Waals surface area contributed by atoms with Crippen molar-refractivity contribution < 1.29 is 9.90 Å². The second-order valence-corrected chi connectivity index (χ2v) is 3.82. The van der Waals surface area contributed by atoms with Gasteiger partial charge >= 0.3 is 0 Å². The van der Waals surface area contributed by atoms with Gasteiger partial charge in [-0.2, -0.15) is 0 Å². The van der Waals surface area contributed by atoms with Crippen LogP contribution in [-0.2, 0) is 4.79 Å². The van der Waals surface area contributed by atoms with Gasteiger partial charge in [-0.3, -0.25) is 4.79 Å². The zero-order valence-electron chi connectivity index (χ0n) is 7.70. The first-order chi connectivity index (χ1) is 6.27. The van der Waals surface area contributed by atoms with E-state index in [2.05, 4.69) is 0 Å². The van der Waals surface area contributed by atoms with Crippen molar-refractivity contribution in [2.45, 2.75) is 31.8 Å². The average Bonchev–Trinajstić information content (AvgIpc) is 2.72. The highest BCUT2D eigenvalue weighted by atomic mass is 16.3. The van der Waals surface area contributed by atoms with Gasteiger partial charge in [0.2, 0.25) is 5.91 Å². The zero-order chi connectivity index (χ0) is 9.26. The molecule has 0 aromatic carbocycles. The quantitative estimate of drug-likeness (QED) is 0.646. The summed E-state index contributed by atoms with van der Waals surface area (Å²) in [5, 5.41) is 9.28. The number of carbonyl (C=O) groups is 1. The molecule has 1 aliphatic heterocycles. The van der Waals surface area contributed by atoms with Crippen molar-refractivity contribution in [3.8, 4) is 0 Å². The van der Waals surface area contributed by atoms with Crippen molar-refractivity contribution in [3.05, 3.63) is 11.6 Å². The van der Waals surface area contributed by atoms with E-state index in [9.17, 15) is 9.90 Å². The number of hydrogen-bond donors (Lipinski definition) is 1. The van der Waals surface area contributed by atoms with Crippen molar-refractivity contribution in [1.82, 2.24) is 4.90 Å². The van der Waals surface area contributed by atoms with Gasteiger partial charge in [0.05, 0.1) is 6.10 Å². The Kier molecular flexibility index (Phi) is 2.36. The Morgan fingerprint density at radius 2 is 2.46 bits per heavy atom. The minimum Gasteiger partial charge on any atom is -0.391 e. The molecule has 0 radical (unpaired) electrons. The molecule has 0 aromatic heterocycles. The molecule has 0 unspecified atom stereocenters. The molecular weight excluding hydrogens is 166 g/mol. The van der Waals surface area contributed by atoms with Crippen LogP contribution in [0.2, 0.25) is 0 Å². The highest BCUT2D eigenvalue weighted by molar-refractivity contribution is 5.94. The van der Waals surface area contributed by atoms with Crippen molar-refractivity contribution in [3.63, 3.8) is 0 Å². The lowest BCUT2D eigenvalue weighted by Gasteiger charge is -2.15. The lowest BCUT2D eigenvalue weighted by atomic mass is 10.2. The number of aliphatic hydroxyl groups excluding tert-OH is 1. The Morgan fingerprint density at radius 3 is 3.00 bits per heavy atom. The molecule has 13 heavy (non-hydrogen) atoms. The van der Waals surface area contributed by atoms with Gasteiger partial charge in [-0.25, -0.2) is 0 Å². The maximum atomic E-state index is 11.7. The van der Waals surface area contributed by atoms with Gasteiger partial charge in [-0.05, 0) is 25.7 Å². The standard InChI is InChI=1S/C10H15NO2/c12-9-5-6-11(7-9)10(13)8-3-1-2-4-8/h3,9,12H,1-2,4-7H2/t9-/m0/s1. The predicted octanol–water partition coefficient (Wildman–Crippen LogP) is 0.690. The normalized spacial score (nSPS) is 27.9. The molecule has 72 valence electrons. The summed E-state index contributed by atoms with van der Waals surface area (Å²) in [5.74, 6) is 0.147. The molecule has 1 fully saturated rings. The number of carbonyl (C=O) groups excluding carboxylic acids is 1. The molecule has 2 rings (SSSR count). The van der Waals surface area contributed by atoms with Crippen LogP contribution >= 0.6 is 0 Å². The van der Waals surface area contributed by atoms with Gasteiger partial charge in [0.1, 0.15) is 0 Å². The second kappa shape index (κ2) is 3.50. The Hall–Kier alpha value is -0.830. The number of aliphatic hydroxyl groups is 1. The summed E-state index contributed by atoms with van der Waals surface area (Å²) in [6.07, 6.45) is 5.54. The lowest BCUT2D eigenvalue weighted by molar-refractivity contribution is -0.126. The Labute approximate surface area is 78.0 Å². The summed E-state index contributed by atoms with van der Waals surface area (Å²) < 4.78 is 0. The fourth-order valence-electron chi connectivity index (χ4n) is 1.99. The third kappa shape index (κ3) is 1.75. The molecular formula is C10H15NO2. The maximum Gasteiger partial charge on any atom is 0.249 e. The predicted molar refractivity (Wildman–Crippen MR) is 49.1 cm³/mol. The molecule has 2 aliphatic rings. The number of allylic oxidation sites excluding steroid dienone is 1. The summed E-state index contributed by atoms with van der Waals surface area (Å²) in [6.45, 7) is 1.24. The van der Waals surface area contributed by atoms with Crippen LogP contribution in [0.5, 0.6) is 0 Å². The monoisotopic (exact) mass is 181 g/mol. The molecule has 0 bridgehead atoms.